The molecule has 4 unspecified atom stereocenters. The molecule has 37 heavy (non-hydrogen) atoms. The summed E-state index contributed by atoms with van der Waals surface area (Å²) in [5, 5.41) is 23.6. The number of nitrogens with zero attached hydrogens (tertiary/aromatic N) is 1. The van der Waals surface area contributed by atoms with Crippen molar-refractivity contribution in [1.29, 1.82) is 0 Å². The predicted molar refractivity (Wildman–Crippen MR) is 134 cm³/mol. The first-order valence-electron chi connectivity index (χ1n) is 12.7. The van der Waals surface area contributed by atoms with E-state index in [-0.39, 0.29) is 38.3 Å². The van der Waals surface area contributed by atoms with Crippen molar-refractivity contribution in [2.75, 3.05) is 19.9 Å². The predicted octanol–water partition coefficient (Wildman–Crippen LogP) is 2.26. The van der Waals surface area contributed by atoms with Crippen molar-refractivity contribution in [2.24, 2.45) is 0 Å². The normalized spacial score (nSPS) is 22.9. The highest BCUT2D eigenvalue weighted by molar-refractivity contribution is 5.96. The van der Waals surface area contributed by atoms with Gasteiger partial charge in [-0.15, -0.1) is 0 Å². The quantitative estimate of drug-likeness (QED) is 0.476. The minimum Gasteiger partial charge on any atom is -0.486 e. The van der Waals surface area contributed by atoms with Gasteiger partial charge in [0.05, 0.1) is 18.6 Å². The zero-order chi connectivity index (χ0) is 25.9. The number of hydrogen-bond acceptors (Lipinski definition) is 7. The maximum Gasteiger partial charge on any atom is 0.247 e. The number of aliphatic hydroxyl groups excluding tert-OH is 2. The second kappa shape index (κ2) is 10.8. The van der Waals surface area contributed by atoms with Gasteiger partial charge >= 0.3 is 0 Å². The van der Waals surface area contributed by atoms with Gasteiger partial charge in [-0.05, 0) is 36.3 Å². The molecule has 2 amide bonds. The van der Waals surface area contributed by atoms with E-state index in [1.165, 1.54) is 0 Å². The van der Waals surface area contributed by atoms with Crippen LogP contribution in [0.5, 0.6) is 17.2 Å². The van der Waals surface area contributed by atoms with Crippen LogP contribution in [-0.2, 0) is 16.1 Å². The lowest BCUT2D eigenvalue weighted by Crippen LogP contribution is -2.55. The molecular weight excluding hydrogens is 476 g/mol. The Morgan fingerprint density at radius 1 is 1.11 bits per heavy atom. The Bertz CT molecular complexity index is 1200. The summed E-state index contributed by atoms with van der Waals surface area (Å²) in [6.07, 6.45) is 1.78. The molecule has 0 saturated heterocycles. The van der Waals surface area contributed by atoms with E-state index in [9.17, 15) is 19.8 Å². The number of ether oxygens (including phenoxy) is 3. The van der Waals surface area contributed by atoms with Gasteiger partial charge in [-0.2, -0.15) is 0 Å². The van der Waals surface area contributed by atoms with Crippen LogP contribution in [0.15, 0.2) is 54.1 Å². The smallest absolute Gasteiger partial charge is 0.247 e. The second-order valence-electron chi connectivity index (χ2n) is 9.49. The number of hydrogen-bond donors (Lipinski definition) is 3. The maximum absolute atomic E-state index is 13.5. The first kappa shape index (κ1) is 25.1. The molecule has 0 aromatic heterocycles. The number of nitrogens with one attached hydrogen (secondary N) is 1. The third-order valence-corrected chi connectivity index (χ3v) is 7.09. The number of para-hydroxylation sites is 1. The molecular formula is C28H32N2O7. The minimum absolute atomic E-state index is 0.0969. The zero-order valence-corrected chi connectivity index (χ0v) is 20.8. The number of unbranched alkanes of at least 4 members (excludes halogenated alkanes) is 1. The highest BCUT2D eigenvalue weighted by atomic mass is 16.7. The maximum atomic E-state index is 13.5. The second-order valence-corrected chi connectivity index (χ2v) is 9.49. The third kappa shape index (κ3) is 4.89. The summed E-state index contributed by atoms with van der Waals surface area (Å²) in [5.74, 6) is 0.899. The monoisotopic (exact) mass is 508 g/mol. The molecule has 2 aromatic carbocycles. The summed E-state index contributed by atoms with van der Waals surface area (Å²) in [7, 11) is 0. The fourth-order valence-corrected chi connectivity index (χ4v) is 5.26. The molecule has 9 nitrogen and oxygen atoms in total. The van der Waals surface area contributed by atoms with Crippen molar-refractivity contribution in [3.05, 3.63) is 65.2 Å². The third-order valence-electron chi connectivity index (χ3n) is 7.09. The van der Waals surface area contributed by atoms with Gasteiger partial charge in [0.1, 0.15) is 18.0 Å². The van der Waals surface area contributed by atoms with Gasteiger partial charge in [0.2, 0.25) is 18.6 Å². The van der Waals surface area contributed by atoms with Crippen LogP contribution in [0.1, 0.15) is 43.2 Å². The topological polar surface area (TPSA) is 118 Å². The van der Waals surface area contributed by atoms with Crippen LogP contribution < -0.4 is 19.5 Å². The largest absolute Gasteiger partial charge is 0.486 e. The number of fused-ring (bicyclic) bond motifs is 4. The molecule has 2 heterocycles. The van der Waals surface area contributed by atoms with Crippen LogP contribution in [0.25, 0.3) is 0 Å². The molecule has 0 fully saturated rings. The molecule has 0 spiro atoms. The number of carbonyl (C=O) groups is 2. The first-order chi connectivity index (χ1) is 18.0. The highest BCUT2D eigenvalue weighted by Gasteiger charge is 2.50. The van der Waals surface area contributed by atoms with Crippen molar-refractivity contribution in [3.63, 3.8) is 0 Å². The highest BCUT2D eigenvalue weighted by Crippen LogP contribution is 2.47. The van der Waals surface area contributed by atoms with Crippen molar-refractivity contribution in [2.45, 2.75) is 56.9 Å². The molecule has 196 valence electrons. The molecule has 5 rings (SSSR count). The van der Waals surface area contributed by atoms with Crippen molar-refractivity contribution in [3.8, 4) is 17.2 Å². The molecule has 9 heteroatoms. The Balaban J connectivity index is 1.52. The van der Waals surface area contributed by atoms with Gasteiger partial charge in [-0.25, -0.2) is 0 Å². The van der Waals surface area contributed by atoms with E-state index in [1.807, 2.05) is 43.3 Å². The molecule has 0 radical (unpaired) electrons. The Morgan fingerprint density at radius 2 is 1.92 bits per heavy atom. The lowest BCUT2D eigenvalue weighted by atomic mass is 9.77. The summed E-state index contributed by atoms with van der Waals surface area (Å²) in [5.41, 5.74) is 2.05. The SMILES string of the molecule is CCCCC(=O)N(Cc1ccc2c(c1)OCO2)C1C=C(C(=O)NCCO)C2c3ccccc3OC2C1O. The van der Waals surface area contributed by atoms with Crippen molar-refractivity contribution >= 4 is 11.8 Å². The molecule has 3 aliphatic rings. The van der Waals surface area contributed by atoms with Gasteiger partial charge in [0, 0.05) is 30.6 Å². The van der Waals surface area contributed by atoms with Crippen molar-refractivity contribution < 1.29 is 34.0 Å². The average molecular weight is 509 g/mol. The molecule has 3 N–H and O–H groups in total. The van der Waals surface area contributed by atoms with E-state index in [2.05, 4.69) is 5.32 Å². The summed E-state index contributed by atoms with van der Waals surface area (Å²) in [6.45, 7) is 2.28. The van der Waals surface area contributed by atoms with E-state index in [1.54, 1.807) is 17.0 Å². The Labute approximate surface area is 215 Å². The van der Waals surface area contributed by atoms with E-state index in [0.717, 1.165) is 17.5 Å². The fourth-order valence-electron chi connectivity index (χ4n) is 5.26. The summed E-state index contributed by atoms with van der Waals surface area (Å²) >= 11 is 0. The van der Waals surface area contributed by atoms with E-state index >= 15 is 0 Å². The Kier molecular flexibility index (Phi) is 7.34. The van der Waals surface area contributed by atoms with Crippen LogP contribution in [-0.4, -0.2) is 65.1 Å². The van der Waals surface area contributed by atoms with Gasteiger partial charge in [0.25, 0.3) is 0 Å². The van der Waals surface area contributed by atoms with E-state index < -0.39 is 24.2 Å². The molecule has 2 aliphatic heterocycles. The summed E-state index contributed by atoms with van der Waals surface area (Å²) in [6, 6.07) is 12.1. The van der Waals surface area contributed by atoms with Gasteiger partial charge < -0.3 is 34.6 Å². The van der Waals surface area contributed by atoms with Crippen LogP contribution >= 0.6 is 0 Å². The van der Waals surface area contributed by atoms with E-state index in [0.29, 0.717) is 35.7 Å². The first-order valence-corrected chi connectivity index (χ1v) is 12.7. The van der Waals surface area contributed by atoms with Crippen LogP contribution in [0.3, 0.4) is 0 Å². The Morgan fingerprint density at radius 3 is 2.73 bits per heavy atom. The van der Waals surface area contributed by atoms with Crippen LogP contribution in [0.2, 0.25) is 0 Å². The number of aliphatic hydroxyl groups is 2. The lowest BCUT2D eigenvalue weighted by molar-refractivity contribution is -0.138. The number of amides is 2. The van der Waals surface area contributed by atoms with Gasteiger partial charge in [-0.3, -0.25) is 9.59 Å². The number of rotatable bonds is 9. The average Bonchev–Trinajstić information content (AvgIpc) is 3.54. The molecule has 1 aliphatic carbocycles. The number of benzene rings is 2. The summed E-state index contributed by atoms with van der Waals surface area (Å²) < 4.78 is 17.1. The molecule has 4 atom stereocenters. The minimum atomic E-state index is -1.06. The summed E-state index contributed by atoms with van der Waals surface area (Å²) in [4.78, 5) is 28.4. The standard InChI is InChI=1S/C28H32N2O7/c1-2-3-8-24(32)30(15-17-9-10-22-23(13-17)36-16-35-22)20-14-19(28(34)29-11-12-31)25-18-6-4-5-7-21(18)37-27(25)26(20)33/h4-7,9-10,13-14,20,25-27,31,33H,2-3,8,11-12,15-16H2,1H3,(H,29,34). The molecule has 0 saturated carbocycles. The molecule has 0 bridgehead atoms. The van der Waals surface area contributed by atoms with Crippen LogP contribution in [0.4, 0.5) is 0 Å². The zero-order valence-electron chi connectivity index (χ0n) is 20.8. The number of carbonyl (C=O) groups excluding carboxylic acids is 2. The van der Waals surface area contributed by atoms with Gasteiger partial charge in [0.15, 0.2) is 11.5 Å². The lowest BCUT2D eigenvalue weighted by Gasteiger charge is -2.41. The van der Waals surface area contributed by atoms with Gasteiger partial charge in [-0.1, -0.05) is 37.6 Å². The van der Waals surface area contributed by atoms with E-state index in [4.69, 9.17) is 14.2 Å². The molecule has 2 aromatic rings. The fraction of sp³-hybridized carbons (Fsp3) is 0.429. The Hall–Kier alpha value is -3.56. The van der Waals surface area contributed by atoms with Crippen LogP contribution in [0, 0.1) is 0 Å². The van der Waals surface area contributed by atoms with Crippen molar-refractivity contribution in [1.82, 2.24) is 10.2 Å².